The average molecular weight is 760 g/mol. The lowest BCUT2D eigenvalue weighted by molar-refractivity contribution is 0.590. The highest BCUT2D eigenvalue weighted by atomic mass is 15.2. The molecule has 3 aliphatic rings. The smallest absolute Gasteiger partial charge is 0.252 e. The van der Waals surface area contributed by atoms with Crippen LogP contribution in [0.5, 0.6) is 0 Å². The summed E-state index contributed by atoms with van der Waals surface area (Å²) in [4.78, 5) is 7.49. The molecule has 0 aromatic heterocycles. The molecular weight excluding hydrogens is 713 g/mol. The Kier molecular flexibility index (Phi) is 7.87. The zero-order chi connectivity index (χ0) is 40.0. The second-order valence-corrected chi connectivity index (χ2v) is 17.8. The molecule has 3 nitrogen and oxygen atoms in total. The minimum atomic E-state index is -0.141. The topological polar surface area (TPSA) is 9.72 Å². The predicted molar refractivity (Wildman–Crippen MR) is 251 cm³/mol. The summed E-state index contributed by atoms with van der Waals surface area (Å²) in [5.74, 6) is 0. The highest BCUT2D eigenvalue weighted by Crippen LogP contribution is 2.52. The van der Waals surface area contributed by atoms with E-state index in [1.807, 2.05) is 0 Å². The van der Waals surface area contributed by atoms with E-state index in [0.717, 1.165) is 22.7 Å². The van der Waals surface area contributed by atoms with E-state index in [1.165, 1.54) is 72.6 Å². The summed E-state index contributed by atoms with van der Waals surface area (Å²) in [6, 6.07) is 69.8. The molecule has 0 saturated carbocycles. The van der Waals surface area contributed by atoms with Crippen LogP contribution in [0.2, 0.25) is 0 Å². The van der Waals surface area contributed by atoms with E-state index in [4.69, 9.17) is 0 Å². The number of benzene rings is 8. The van der Waals surface area contributed by atoms with Crippen molar-refractivity contribution in [3.8, 4) is 11.1 Å². The van der Waals surface area contributed by atoms with Gasteiger partial charge in [0.25, 0.3) is 6.71 Å². The summed E-state index contributed by atoms with van der Waals surface area (Å²) in [7, 11) is 0. The molecule has 2 heterocycles. The molecule has 0 unspecified atom stereocenters. The molecule has 0 amide bonds. The van der Waals surface area contributed by atoms with Crippen molar-refractivity contribution in [2.24, 2.45) is 0 Å². The highest BCUT2D eigenvalue weighted by molar-refractivity contribution is 7.00. The zero-order valence-corrected chi connectivity index (χ0v) is 34.3. The maximum atomic E-state index is 2.59. The number of fused-ring (bicyclic) bond motifs is 7. The van der Waals surface area contributed by atoms with Gasteiger partial charge in [0.1, 0.15) is 0 Å². The van der Waals surface area contributed by atoms with Crippen molar-refractivity contribution >= 4 is 74.3 Å². The monoisotopic (exact) mass is 759 g/mol. The van der Waals surface area contributed by atoms with Crippen LogP contribution in [0.15, 0.2) is 188 Å². The van der Waals surface area contributed by atoms with Crippen molar-refractivity contribution in [2.45, 2.75) is 45.4 Å². The Morgan fingerprint density at radius 1 is 0.441 bits per heavy atom. The van der Waals surface area contributed by atoms with Crippen molar-refractivity contribution in [1.29, 1.82) is 0 Å². The van der Waals surface area contributed by atoms with Gasteiger partial charge in [-0.05, 0) is 128 Å². The van der Waals surface area contributed by atoms with Gasteiger partial charge >= 0.3 is 0 Å². The molecule has 4 heteroatoms. The maximum Gasteiger partial charge on any atom is 0.252 e. The van der Waals surface area contributed by atoms with E-state index in [1.54, 1.807) is 0 Å². The number of hydrogen-bond acceptors (Lipinski definition) is 3. The van der Waals surface area contributed by atoms with Crippen LogP contribution in [0.3, 0.4) is 0 Å². The number of anilines is 9. The number of rotatable bonds is 5. The van der Waals surface area contributed by atoms with E-state index >= 15 is 0 Å². The summed E-state index contributed by atoms with van der Waals surface area (Å²) in [6.45, 7) is 11.8. The summed E-state index contributed by atoms with van der Waals surface area (Å²) < 4.78 is 0. The Hall–Kier alpha value is -6.78. The van der Waals surface area contributed by atoms with Gasteiger partial charge in [0, 0.05) is 56.6 Å². The molecule has 11 rings (SSSR count). The van der Waals surface area contributed by atoms with E-state index in [0.29, 0.717) is 0 Å². The standard InChI is InChI=1S/C55H46BN3/c1-54(2,3)37-33-51-53-52(34-37)59(41-29-31-44-43-25-15-16-26-45(43)55(4,5)46(44)35-41)50-36-42(57(38-19-9-6-10-20-38)39-21-11-7-12-22-39)30-32-48(50)56(53)47-27-17-18-28-49(47)58(51)40-23-13-8-14-24-40/h6-36H,1-5H3. The van der Waals surface area contributed by atoms with Crippen LogP contribution in [0.4, 0.5) is 51.2 Å². The first-order chi connectivity index (χ1) is 28.7. The summed E-state index contributed by atoms with van der Waals surface area (Å²) in [6.07, 6.45) is 0. The number of hydrogen-bond donors (Lipinski definition) is 0. The summed E-state index contributed by atoms with van der Waals surface area (Å²) >= 11 is 0. The molecule has 0 atom stereocenters. The van der Waals surface area contributed by atoms with Crippen LogP contribution < -0.4 is 31.1 Å². The lowest BCUT2D eigenvalue weighted by Crippen LogP contribution is -2.61. The molecule has 0 bridgehead atoms. The van der Waals surface area contributed by atoms with Gasteiger partial charge < -0.3 is 14.7 Å². The van der Waals surface area contributed by atoms with E-state index in [-0.39, 0.29) is 17.5 Å². The Morgan fingerprint density at radius 2 is 1.00 bits per heavy atom. The van der Waals surface area contributed by atoms with E-state index in [2.05, 4.69) is 237 Å². The van der Waals surface area contributed by atoms with Crippen LogP contribution in [0.1, 0.15) is 51.3 Å². The third-order valence-electron chi connectivity index (χ3n) is 13.0. The van der Waals surface area contributed by atoms with Crippen LogP contribution in [-0.2, 0) is 10.8 Å². The number of para-hydroxylation sites is 4. The fourth-order valence-corrected chi connectivity index (χ4v) is 10.1. The molecule has 0 radical (unpaired) electrons. The minimum Gasteiger partial charge on any atom is -0.311 e. The first kappa shape index (κ1) is 35.4. The molecule has 2 aliphatic heterocycles. The molecule has 0 saturated heterocycles. The van der Waals surface area contributed by atoms with Crippen molar-refractivity contribution in [2.75, 3.05) is 14.7 Å². The Labute approximate surface area is 348 Å². The Bertz CT molecular complexity index is 2870. The van der Waals surface area contributed by atoms with Crippen LogP contribution >= 0.6 is 0 Å². The fourth-order valence-electron chi connectivity index (χ4n) is 10.1. The number of nitrogens with zero attached hydrogens (tertiary/aromatic N) is 3. The summed E-state index contributed by atoms with van der Waals surface area (Å²) in [5, 5.41) is 0. The molecular formula is C55H46BN3. The van der Waals surface area contributed by atoms with Gasteiger partial charge in [-0.1, -0.05) is 144 Å². The van der Waals surface area contributed by atoms with Gasteiger partial charge in [-0.25, -0.2) is 0 Å². The molecule has 0 spiro atoms. The second kappa shape index (κ2) is 13.1. The molecule has 1 aliphatic carbocycles. The quantitative estimate of drug-likeness (QED) is 0.162. The van der Waals surface area contributed by atoms with Crippen molar-refractivity contribution < 1.29 is 0 Å². The Morgan fingerprint density at radius 3 is 1.68 bits per heavy atom. The zero-order valence-electron chi connectivity index (χ0n) is 34.3. The predicted octanol–water partition coefficient (Wildman–Crippen LogP) is 12.8. The van der Waals surface area contributed by atoms with Gasteiger partial charge in [0.15, 0.2) is 0 Å². The molecule has 0 N–H and O–H groups in total. The first-order valence-electron chi connectivity index (χ1n) is 20.9. The van der Waals surface area contributed by atoms with Gasteiger partial charge in [0.2, 0.25) is 0 Å². The molecule has 8 aromatic rings. The van der Waals surface area contributed by atoms with Crippen molar-refractivity contribution in [1.82, 2.24) is 0 Å². The highest BCUT2D eigenvalue weighted by Gasteiger charge is 2.45. The second-order valence-electron chi connectivity index (χ2n) is 17.8. The third-order valence-corrected chi connectivity index (χ3v) is 13.0. The molecule has 59 heavy (non-hydrogen) atoms. The fraction of sp³-hybridized carbons (Fsp3) is 0.127. The molecule has 284 valence electrons. The lowest BCUT2D eigenvalue weighted by Gasteiger charge is -2.45. The van der Waals surface area contributed by atoms with Crippen molar-refractivity contribution in [3.05, 3.63) is 205 Å². The van der Waals surface area contributed by atoms with Crippen LogP contribution in [0.25, 0.3) is 11.1 Å². The van der Waals surface area contributed by atoms with E-state index in [9.17, 15) is 0 Å². The first-order valence-corrected chi connectivity index (χ1v) is 20.9. The molecule has 0 fully saturated rings. The van der Waals surface area contributed by atoms with Crippen molar-refractivity contribution in [3.63, 3.8) is 0 Å². The SMILES string of the molecule is CC(C)(C)c1cc2c3c(c1)N(c1ccc4c(c1)C(C)(C)c1ccccc1-4)c1cc(N(c4ccccc4)c4ccccc4)ccc1B3c1ccccc1N2c1ccccc1. The lowest BCUT2D eigenvalue weighted by atomic mass is 9.33. The summed E-state index contributed by atoms with van der Waals surface area (Å²) in [5.41, 5.74) is 21.0. The van der Waals surface area contributed by atoms with E-state index < -0.39 is 0 Å². The third kappa shape index (κ3) is 5.43. The van der Waals surface area contributed by atoms with Crippen LogP contribution in [0, 0.1) is 0 Å². The normalized spacial score (nSPS) is 14.2. The minimum absolute atomic E-state index is 0.0301. The Balaban J connectivity index is 1.23. The maximum absolute atomic E-state index is 2.59. The van der Waals surface area contributed by atoms with Gasteiger partial charge in [-0.3, -0.25) is 0 Å². The van der Waals surface area contributed by atoms with Crippen LogP contribution in [-0.4, -0.2) is 6.71 Å². The van der Waals surface area contributed by atoms with Gasteiger partial charge in [-0.2, -0.15) is 0 Å². The molecule has 8 aromatic carbocycles. The average Bonchev–Trinajstić information content (AvgIpc) is 3.49. The van der Waals surface area contributed by atoms with Gasteiger partial charge in [0.05, 0.1) is 0 Å². The van der Waals surface area contributed by atoms with Gasteiger partial charge in [-0.15, -0.1) is 0 Å². The largest absolute Gasteiger partial charge is 0.311 e.